The summed E-state index contributed by atoms with van der Waals surface area (Å²) in [4.78, 5) is 2.55. The topological polar surface area (TPSA) is 15.3 Å². The highest BCUT2D eigenvalue weighted by Crippen LogP contribution is 2.30. The lowest BCUT2D eigenvalue weighted by atomic mass is 9.87. The van der Waals surface area contributed by atoms with Gasteiger partial charge in [0.2, 0.25) is 0 Å². The minimum Gasteiger partial charge on any atom is -0.308 e. The lowest BCUT2D eigenvalue weighted by molar-refractivity contribution is 0.0496. The summed E-state index contributed by atoms with van der Waals surface area (Å²) in [6.07, 6.45) is 2.28. The van der Waals surface area contributed by atoms with Gasteiger partial charge in [-0.25, -0.2) is 4.39 Å². The third kappa shape index (κ3) is 3.04. The van der Waals surface area contributed by atoms with Crippen LogP contribution in [-0.2, 0) is 0 Å². The second kappa shape index (κ2) is 6.23. The van der Waals surface area contributed by atoms with Crippen LogP contribution in [0.5, 0.6) is 0 Å². The Morgan fingerprint density at radius 3 is 2.45 bits per heavy atom. The normalized spacial score (nSPS) is 24.6. The van der Waals surface area contributed by atoms with Crippen molar-refractivity contribution in [1.82, 2.24) is 10.2 Å². The smallest absolute Gasteiger partial charge is 0.123 e. The third-order valence-electron chi connectivity index (χ3n) is 5.03. The van der Waals surface area contributed by atoms with E-state index < -0.39 is 0 Å². The van der Waals surface area contributed by atoms with E-state index in [2.05, 4.69) is 37.9 Å². The zero-order chi connectivity index (χ0) is 14.8. The standard InChI is InChI=1S/C17H27FN2/c1-5-17(6-2)12-20(13(3)11-19-17)14(4)15-7-9-16(18)10-8-15/h7-10,13-14,19H,5-6,11-12H2,1-4H3. The molecule has 2 atom stereocenters. The van der Waals surface area contributed by atoms with Crippen LogP contribution in [-0.4, -0.2) is 29.6 Å². The van der Waals surface area contributed by atoms with Gasteiger partial charge in [0.25, 0.3) is 0 Å². The van der Waals surface area contributed by atoms with Crippen molar-refractivity contribution >= 4 is 0 Å². The summed E-state index contributed by atoms with van der Waals surface area (Å²) < 4.78 is 13.1. The van der Waals surface area contributed by atoms with Gasteiger partial charge in [-0.1, -0.05) is 26.0 Å². The maximum atomic E-state index is 13.1. The number of rotatable bonds is 4. The van der Waals surface area contributed by atoms with Crippen LogP contribution >= 0.6 is 0 Å². The molecule has 0 aliphatic carbocycles. The summed E-state index contributed by atoms with van der Waals surface area (Å²) in [7, 11) is 0. The highest BCUT2D eigenvalue weighted by atomic mass is 19.1. The molecule has 0 aromatic heterocycles. The van der Waals surface area contributed by atoms with E-state index in [1.54, 1.807) is 12.1 Å². The fraction of sp³-hybridized carbons (Fsp3) is 0.647. The van der Waals surface area contributed by atoms with Crippen molar-refractivity contribution in [2.24, 2.45) is 0 Å². The molecule has 2 rings (SSSR count). The molecule has 0 bridgehead atoms. The molecule has 112 valence electrons. The Kier molecular flexibility index (Phi) is 4.82. The highest BCUT2D eigenvalue weighted by molar-refractivity contribution is 5.20. The number of benzene rings is 1. The molecule has 0 spiro atoms. The van der Waals surface area contributed by atoms with E-state index in [9.17, 15) is 4.39 Å². The Bertz CT molecular complexity index is 425. The van der Waals surface area contributed by atoms with Crippen molar-refractivity contribution in [1.29, 1.82) is 0 Å². The molecule has 1 aromatic carbocycles. The second-order valence-corrected chi connectivity index (χ2v) is 6.12. The predicted molar refractivity (Wildman–Crippen MR) is 82.3 cm³/mol. The van der Waals surface area contributed by atoms with E-state index in [1.165, 1.54) is 5.56 Å². The molecule has 1 heterocycles. The van der Waals surface area contributed by atoms with Gasteiger partial charge in [0.05, 0.1) is 0 Å². The minimum absolute atomic E-state index is 0.161. The Balaban J connectivity index is 2.18. The highest BCUT2D eigenvalue weighted by Gasteiger charge is 2.37. The predicted octanol–water partition coefficient (Wildman–Crippen LogP) is 3.74. The van der Waals surface area contributed by atoms with Gasteiger partial charge in [0.1, 0.15) is 5.82 Å². The molecule has 3 heteroatoms. The van der Waals surface area contributed by atoms with Gasteiger partial charge in [-0.05, 0) is 44.4 Å². The molecule has 1 aliphatic rings. The first kappa shape index (κ1) is 15.5. The number of piperazine rings is 1. The number of hydrogen-bond donors (Lipinski definition) is 1. The van der Waals surface area contributed by atoms with Crippen molar-refractivity contribution in [2.45, 2.75) is 58.2 Å². The van der Waals surface area contributed by atoms with E-state index in [1.807, 2.05) is 12.1 Å². The van der Waals surface area contributed by atoms with Crippen molar-refractivity contribution in [2.75, 3.05) is 13.1 Å². The Morgan fingerprint density at radius 2 is 1.90 bits per heavy atom. The summed E-state index contributed by atoms with van der Waals surface area (Å²) in [5.74, 6) is -0.161. The second-order valence-electron chi connectivity index (χ2n) is 6.12. The summed E-state index contributed by atoms with van der Waals surface area (Å²) in [5, 5.41) is 3.73. The molecule has 2 unspecified atom stereocenters. The number of nitrogens with one attached hydrogen (secondary N) is 1. The summed E-state index contributed by atoms with van der Waals surface area (Å²) in [5.41, 5.74) is 1.42. The van der Waals surface area contributed by atoms with Gasteiger partial charge >= 0.3 is 0 Å². The third-order valence-corrected chi connectivity index (χ3v) is 5.03. The summed E-state index contributed by atoms with van der Waals surface area (Å²) >= 11 is 0. The zero-order valence-corrected chi connectivity index (χ0v) is 13.1. The van der Waals surface area contributed by atoms with E-state index in [0.717, 1.165) is 25.9 Å². The van der Waals surface area contributed by atoms with E-state index in [0.29, 0.717) is 12.1 Å². The van der Waals surface area contributed by atoms with Gasteiger partial charge in [-0.3, -0.25) is 4.90 Å². The van der Waals surface area contributed by atoms with Crippen LogP contribution in [0.15, 0.2) is 24.3 Å². The fourth-order valence-electron chi connectivity index (χ4n) is 3.22. The molecular formula is C17H27FN2. The molecule has 1 N–H and O–H groups in total. The van der Waals surface area contributed by atoms with Crippen molar-refractivity contribution in [3.8, 4) is 0 Å². The first-order chi connectivity index (χ1) is 9.51. The monoisotopic (exact) mass is 278 g/mol. The lowest BCUT2D eigenvalue weighted by Crippen LogP contribution is -2.63. The first-order valence-electron chi connectivity index (χ1n) is 7.77. The SMILES string of the molecule is CCC1(CC)CN(C(C)c2ccc(F)cc2)C(C)CN1. The lowest BCUT2D eigenvalue weighted by Gasteiger charge is -2.49. The first-order valence-corrected chi connectivity index (χ1v) is 7.77. The molecule has 1 aromatic rings. The van der Waals surface area contributed by atoms with Crippen LogP contribution in [0.3, 0.4) is 0 Å². The number of halogens is 1. The van der Waals surface area contributed by atoms with Crippen molar-refractivity contribution in [3.05, 3.63) is 35.6 Å². The van der Waals surface area contributed by atoms with Crippen LogP contribution < -0.4 is 5.32 Å². The molecular weight excluding hydrogens is 251 g/mol. The Hall–Kier alpha value is -0.930. The Labute approximate surface area is 122 Å². The van der Waals surface area contributed by atoms with Gasteiger partial charge in [-0.15, -0.1) is 0 Å². The van der Waals surface area contributed by atoms with Crippen LogP contribution in [0.2, 0.25) is 0 Å². The summed E-state index contributed by atoms with van der Waals surface area (Å²) in [6, 6.07) is 7.77. The number of hydrogen-bond acceptors (Lipinski definition) is 2. The van der Waals surface area contributed by atoms with Gasteiger partial charge in [0, 0.05) is 30.7 Å². The fourth-order valence-corrected chi connectivity index (χ4v) is 3.22. The molecule has 20 heavy (non-hydrogen) atoms. The number of nitrogens with zero attached hydrogens (tertiary/aromatic N) is 1. The van der Waals surface area contributed by atoms with Crippen LogP contribution in [0.1, 0.15) is 52.1 Å². The largest absolute Gasteiger partial charge is 0.308 e. The summed E-state index contributed by atoms with van der Waals surface area (Å²) in [6.45, 7) is 11.1. The van der Waals surface area contributed by atoms with Crippen LogP contribution in [0.25, 0.3) is 0 Å². The van der Waals surface area contributed by atoms with Gasteiger partial charge in [0.15, 0.2) is 0 Å². The average molecular weight is 278 g/mol. The average Bonchev–Trinajstić information content (AvgIpc) is 2.48. The molecule has 0 amide bonds. The van der Waals surface area contributed by atoms with Gasteiger partial charge in [-0.2, -0.15) is 0 Å². The Morgan fingerprint density at radius 1 is 1.30 bits per heavy atom. The van der Waals surface area contributed by atoms with E-state index in [4.69, 9.17) is 0 Å². The van der Waals surface area contributed by atoms with Crippen molar-refractivity contribution in [3.63, 3.8) is 0 Å². The van der Waals surface area contributed by atoms with Crippen molar-refractivity contribution < 1.29 is 4.39 Å². The molecule has 2 nitrogen and oxygen atoms in total. The molecule has 1 saturated heterocycles. The van der Waals surface area contributed by atoms with Crippen LogP contribution in [0, 0.1) is 5.82 Å². The van der Waals surface area contributed by atoms with E-state index >= 15 is 0 Å². The van der Waals surface area contributed by atoms with Gasteiger partial charge < -0.3 is 5.32 Å². The molecule has 1 aliphatic heterocycles. The zero-order valence-electron chi connectivity index (χ0n) is 13.1. The minimum atomic E-state index is -0.161. The molecule has 1 fully saturated rings. The maximum Gasteiger partial charge on any atom is 0.123 e. The maximum absolute atomic E-state index is 13.1. The van der Waals surface area contributed by atoms with E-state index in [-0.39, 0.29) is 11.4 Å². The van der Waals surface area contributed by atoms with Crippen LogP contribution in [0.4, 0.5) is 4.39 Å². The molecule has 0 saturated carbocycles. The quantitative estimate of drug-likeness (QED) is 0.902. The molecule has 0 radical (unpaired) electrons.